The van der Waals surface area contributed by atoms with E-state index in [0.717, 1.165) is 0 Å². The lowest BCUT2D eigenvalue weighted by atomic mass is 10.1. The third-order valence-electron chi connectivity index (χ3n) is 2.03. The first-order valence-corrected chi connectivity index (χ1v) is 4.72. The fourth-order valence-electron chi connectivity index (χ4n) is 1.29. The van der Waals surface area contributed by atoms with Crippen LogP contribution in [0.1, 0.15) is 12.2 Å². The van der Waals surface area contributed by atoms with Gasteiger partial charge in [0.15, 0.2) is 11.5 Å². The Morgan fingerprint density at radius 1 is 1.44 bits per heavy atom. The Morgan fingerprint density at radius 3 is 3.00 bits per heavy atom. The molecule has 0 saturated carbocycles. The van der Waals surface area contributed by atoms with Crippen molar-refractivity contribution in [1.82, 2.24) is 15.4 Å². The van der Waals surface area contributed by atoms with Gasteiger partial charge in [-0.05, 0) is 12.1 Å². The standard InChI is InChI=1S/C10H9N3O3/c14-9(15)5-4-8-10(12-13-16-8)7-3-1-2-6-11-7/h1-3,6H,4-5H2,(H,14,15). The average molecular weight is 219 g/mol. The second-order valence-electron chi connectivity index (χ2n) is 3.15. The van der Waals surface area contributed by atoms with E-state index in [0.29, 0.717) is 17.1 Å². The number of aromatic nitrogens is 3. The Morgan fingerprint density at radius 2 is 2.31 bits per heavy atom. The van der Waals surface area contributed by atoms with E-state index in [-0.39, 0.29) is 12.8 Å². The summed E-state index contributed by atoms with van der Waals surface area (Å²) in [5.74, 6) is -0.440. The van der Waals surface area contributed by atoms with Crippen LogP contribution in [0.5, 0.6) is 0 Å². The summed E-state index contributed by atoms with van der Waals surface area (Å²) < 4.78 is 4.91. The summed E-state index contributed by atoms with van der Waals surface area (Å²) in [5.41, 5.74) is 1.13. The number of aryl methyl sites for hydroxylation is 1. The van der Waals surface area contributed by atoms with E-state index in [1.54, 1.807) is 18.3 Å². The number of pyridine rings is 1. The van der Waals surface area contributed by atoms with E-state index in [4.69, 9.17) is 9.63 Å². The summed E-state index contributed by atoms with van der Waals surface area (Å²) in [5, 5.41) is 15.8. The van der Waals surface area contributed by atoms with Crippen molar-refractivity contribution < 1.29 is 14.4 Å². The number of hydrogen-bond donors (Lipinski definition) is 1. The van der Waals surface area contributed by atoms with Crippen LogP contribution in [-0.2, 0) is 11.2 Å². The molecule has 0 aromatic carbocycles. The third-order valence-corrected chi connectivity index (χ3v) is 2.03. The molecular formula is C10H9N3O3. The van der Waals surface area contributed by atoms with Gasteiger partial charge >= 0.3 is 5.97 Å². The summed E-state index contributed by atoms with van der Waals surface area (Å²) in [7, 11) is 0. The highest BCUT2D eigenvalue weighted by Gasteiger charge is 2.14. The van der Waals surface area contributed by atoms with Crippen LogP contribution in [0.2, 0.25) is 0 Å². The van der Waals surface area contributed by atoms with Gasteiger partial charge in [-0.25, -0.2) is 0 Å². The first-order chi connectivity index (χ1) is 7.77. The SMILES string of the molecule is O=C(O)CCc1onnc1-c1ccccn1. The molecule has 16 heavy (non-hydrogen) atoms. The number of carbonyl (C=O) groups is 1. The van der Waals surface area contributed by atoms with Crippen LogP contribution >= 0.6 is 0 Å². The maximum absolute atomic E-state index is 10.4. The van der Waals surface area contributed by atoms with Crippen LogP contribution in [0.3, 0.4) is 0 Å². The van der Waals surface area contributed by atoms with Gasteiger partial charge in [-0.1, -0.05) is 6.07 Å². The van der Waals surface area contributed by atoms with Gasteiger partial charge in [0.2, 0.25) is 0 Å². The quantitative estimate of drug-likeness (QED) is 0.829. The third kappa shape index (κ3) is 2.22. The minimum Gasteiger partial charge on any atom is -0.481 e. The Kier molecular flexibility index (Phi) is 2.90. The average Bonchev–Trinajstić information content (AvgIpc) is 2.75. The molecule has 2 aromatic rings. The molecule has 6 heteroatoms. The second kappa shape index (κ2) is 4.52. The first kappa shape index (κ1) is 10.3. The van der Waals surface area contributed by atoms with E-state index in [9.17, 15) is 4.79 Å². The van der Waals surface area contributed by atoms with Gasteiger partial charge in [0.25, 0.3) is 0 Å². The zero-order valence-electron chi connectivity index (χ0n) is 8.33. The zero-order chi connectivity index (χ0) is 11.4. The molecule has 2 rings (SSSR count). The van der Waals surface area contributed by atoms with Crippen molar-refractivity contribution in [3.63, 3.8) is 0 Å². The molecular weight excluding hydrogens is 210 g/mol. The van der Waals surface area contributed by atoms with Gasteiger partial charge in [0.05, 0.1) is 12.1 Å². The molecule has 0 saturated heterocycles. The van der Waals surface area contributed by atoms with Crippen molar-refractivity contribution in [2.45, 2.75) is 12.8 Å². The summed E-state index contributed by atoms with van der Waals surface area (Å²) in [6.07, 6.45) is 1.87. The fourth-order valence-corrected chi connectivity index (χ4v) is 1.29. The lowest BCUT2D eigenvalue weighted by Gasteiger charge is -1.96. The Balaban J connectivity index is 2.23. The minimum absolute atomic E-state index is 0.0172. The lowest BCUT2D eigenvalue weighted by molar-refractivity contribution is -0.137. The molecule has 0 unspecified atom stereocenters. The van der Waals surface area contributed by atoms with E-state index >= 15 is 0 Å². The van der Waals surface area contributed by atoms with Crippen molar-refractivity contribution in [3.8, 4) is 11.4 Å². The van der Waals surface area contributed by atoms with E-state index < -0.39 is 5.97 Å². The highest BCUT2D eigenvalue weighted by atomic mass is 16.5. The number of rotatable bonds is 4. The molecule has 2 aromatic heterocycles. The van der Waals surface area contributed by atoms with E-state index in [1.807, 2.05) is 6.07 Å². The van der Waals surface area contributed by atoms with Crippen LogP contribution in [0.25, 0.3) is 11.4 Å². The summed E-state index contributed by atoms with van der Waals surface area (Å²) in [4.78, 5) is 14.5. The Bertz CT molecular complexity index is 481. The van der Waals surface area contributed by atoms with Gasteiger partial charge in [0.1, 0.15) is 0 Å². The van der Waals surface area contributed by atoms with Gasteiger partial charge in [-0.15, -0.1) is 5.10 Å². The summed E-state index contributed by atoms with van der Waals surface area (Å²) >= 11 is 0. The highest BCUT2D eigenvalue weighted by molar-refractivity contribution is 5.67. The smallest absolute Gasteiger partial charge is 0.303 e. The predicted molar refractivity (Wildman–Crippen MR) is 53.5 cm³/mol. The molecule has 0 aliphatic heterocycles. The Labute approximate surface area is 90.9 Å². The molecule has 1 N–H and O–H groups in total. The maximum atomic E-state index is 10.4. The van der Waals surface area contributed by atoms with Gasteiger partial charge in [-0.2, -0.15) is 0 Å². The number of nitrogens with zero attached hydrogens (tertiary/aromatic N) is 3. The normalized spacial score (nSPS) is 10.2. The molecule has 0 radical (unpaired) electrons. The van der Waals surface area contributed by atoms with Crippen molar-refractivity contribution in [2.24, 2.45) is 0 Å². The topological polar surface area (TPSA) is 89.1 Å². The van der Waals surface area contributed by atoms with Gasteiger partial charge in [-0.3, -0.25) is 9.78 Å². The predicted octanol–water partition coefficient (Wildman–Crippen LogP) is 1.15. The van der Waals surface area contributed by atoms with Crippen molar-refractivity contribution in [3.05, 3.63) is 30.2 Å². The van der Waals surface area contributed by atoms with Crippen LogP contribution in [-0.4, -0.2) is 26.4 Å². The molecule has 82 valence electrons. The molecule has 0 fully saturated rings. The molecule has 0 aliphatic carbocycles. The second-order valence-corrected chi connectivity index (χ2v) is 3.15. The highest BCUT2D eigenvalue weighted by Crippen LogP contribution is 2.19. The van der Waals surface area contributed by atoms with Crippen LogP contribution < -0.4 is 0 Å². The minimum atomic E-state index is -0.886. The molecule has 0 bridgehead atoms. The molecule has 0 amide bonds. The fraction of sp³-hybridized carbons (Fsp3) is 0.200. The number of aliphatic carboxylic acids is 1. The molecule has 0 aliphatic rings. The van der Waals surface area contributed by atoms with Crippen molar-refractivity contribution in [2.75, 3.05) is 0 Å². The van der Waals surface area contributed by atoms with Crippen molar-refractivity contribution in [1.29, 1.82) is 0 Å². The van der Waals surface area contributed by atoms with Crippen LogP contribution in [0.4, 0.5) is 0 Å². The molecule has 0 spiro atoms. The molecule has 0 atom stereocenters. The van der Waals surface area contributed by atoms with Crippen molar-refractivity contribution >= 4 is 5.97 Å². The maximum Gasteiger partial charge on any atom is 0.303 e. The summed E-state index contributed by atoms with van der Waals surface area (Å²) in [6.45, 7) is 0. The largest absolute Gasteiger partial charge is 0.481 e. The van der Waals surface area contributed by atoms with E-state index in [1.165, 1.54) is 0 Å². The van der Waals surface area contributed by atoms with Gasteiger partial charge < -0.3 is 9.63 Å². The van der Waals surface area contributed by atoms with Crippen LogP contribution in [0, 0.1) is 0 Å². The molecule has 6 nitrogen and oxygen atoms in total. The van der Waals surface area contributed by atoms with Gasteiger partial charge in [0, 0.05) is 17.9 Å². The number of carboxylic acids is 1. The number of carboxylic acid groups (broad SMARTS) is 1. The zero-order valence-corrected chi connectivity index (χ0v) is 8.33. The monoisotopic (exact) mass is 219 g/mol. The lowest BCUT2D eigenvalue weighted by Crippen LogP contribution is -1.98. The first-order valence-electron chi connectivity index (χ1n) is 4.72. The Hall–Kier alpha value is -2.24. The van der Waals surface area contributed by atoms with E-state index in [2.05, 4.69) is 15.4 Å². The number of hydrogen-bond acceptors (Lipinski definition) is 5. The summed E-state index contributed by atoms with van der Waals surface area (Å²) in [6, 6.07) is 5.37. The molecule has 2 heterocycles. The van der Waals surface area contributed by atoms with Crippen LogP contribution in [0.15, 0.2) is 28.9 Å².